The number of hydrogen-bond acceptors (Lipinski definition) is 3. The van der Waals surface area contributed by atoms with Crippen molar-refractivity contribution < 1.29 is 14.4 Å². The zero-order valence-corrected chi connectivity index (χ0v) is 16.1. The van der Waals surface area contributed by atoms with Crippen LogP contribution in [0.25, 0.3) is 0 Å². The first-order chi connectivity index (χ1) is 14.1. The second-order valence-corrected chi connectivity index (χ2v) is 7.30. The lowest BCUT2D eigenvalue weighted by molar-refractivity contribution is 0.0725. The number of likely N-dealkylation sites (tertiary alicyclic amines) is 1. The van der Waals surface area contributed by atoms with E-state index in [0.29, 0.717) is 37.3 Å². The van der Waals surface area contributed by atoms with Gasteiger partial charge in [0.1, 0.15) is 0 Å². The number of nitrogens with one attached hydrogen (secondary N) is 2. The van der Waals surface area contributed by atoms with E-state index in [-0.39, 0.29) is 23.9 Å². The number of carbonyl (C=O) groups is 3. The molecule has 4 amide bonds. The normalized spacial score (nSPS) is 18.6. The highest BCUT2D eigenvalue weighted by atomic mass is 16.2. The quantitative estimate of drug-likeness (QED) is 0.819. The van der Waals surface area contributed by atoms with Crippen molar-refractivity contribution in [1.82, 2.24) is 15.5 Å². The maximum atomic E-state index is 13.0. The molecule has 0 aliphatic carbocycles. The second kappa shape index (κ2) is 8.34. The predicted molar refractivity (Wildman–Crippen MR) is 110 cm³/mol. The van der Waals surface area contributed by atoms with Crippen LogP contribution in [0.3, 0.4) is 0 Å². The van der Waals surface area contributed by atoms with E-state index in [0.717, 1.165) is 18.5 Å². The van der Waals surface area contributed by atoms with E-state index in [4.69, 9.17) is 0 Å². The van der Waals surface area contributed by atoms with E-state index >= 15 is 0 Å². The molecular weight excluding hydrogens is 368 g/mol. The van der Waals surface area contributed by atoms with Crippen molar-refractivity contribution in [3.05, 3.63) is 65.7 Å². The summed E-state index contributed by atoms with van der Waals surface area (Å²) in [5, 5.41) is 5.71. The molecule has 0 bridgehead atoms. The van der Waals surface area contributed by atoms with Crippen LogP contribution >= 0.6 is 0 Å². The van der Waals surface area contributed by atoms with Gasteiger partial charge in [0.05, 0.1) is 0 Å². The largest absolute Gasteiger partial charge is 0.350 e. The van der Waals surface area contributed by atoms with E-state index < -0.39 is 0 Å². The van der Waals surface area contributed by atoms with Gasteiger partial charge in [0.2, 0.25) is 0 Å². The summed E-state index contributed by atoms with van der Waals surface area (Å²) in [5.41, 5.74) is 1.99. The molecule has 2 fully saturated rings. The minimum absolute atomic E-state index is 0.0146. The number of hydrogen-bond donors (Lipinski definition) is 2. The lowest BCUT2D eigenvalue weighted by atomic mass is 10.1. The third-order valence-corrected chi connectivity index (χ3v) is 5.45. The number of urea groups is 1. The monoisotopic (exact) mass is 392 g/mol. The molecule has 2 aliphatic heterocycles. The van der Waals surface area contributed by atoms with Gasteiger partial charge < -0.3 is 15.5 Å². The number of benzene rings is 2. The lowest BCUT2D eigenvalue weighted by Crippen LogP contribution is -2.43. The first-order valence-corrected chi connectivity index (χ1v) is 9.93. The van der Waals surface area contributed by atoms with E-state index in [1.54, 1.807) is 41.3 Å². The Labute approximate surface area is 169 Å². The van der Waals surface area contributed by atoms with Crippen LogP contribution in [0.4, 0.5) is 10.5 Å². The number of carbonyl (C=O) groups excluding carboxylic acids is 3. The van der Waals surface area contributed by atoms with Crippen LogP contribution in [0.1, 0.15) is 33.6 Å². The molecular formula is C22H24N4O3. The summed E-state index contributed by atoms with van der Waals surface area (Å²) in [6.07, 6.45) is 1.79. The van der Waals surface area contributed by atoms with Crippen molar-refractivity contribution >= 4 is 23.5 Å². The summed E-state index contributed by atoms with van der Waals surface area (Å²) in [7, 11) is 0. The van der Waals surface area contributed by atoms with Gasteiger partial charge in [-0.15, -0.1) is 0 Å². The molecule has 0 radical (unpaired) electrons. The van der Waals surface area contributed by atoms with Crippen LogP contribution in [0.15, 0.2) is 54.6 Å². The fourth-order valence-electron chi connectivity index (χ4n) is 3.89. The smallest absolute Gasteiger partial charge is 0.321 e. The molecule has 0 unspecified atom stereocenters. The highest BCUT2D eigenvalue weighted by Crippen LogP contribution is 2.22. The summed E-state index contributed by atoms with van der Waals surface area (Å²) in [4.78, 5) is 40.6. The summed E-state index contributed by atoms with van der Waals surface area (Å²) in [6, 6.07) is 16.1. The summed E-state index contributed by atoms with van der Waals surface area (Å²) in [5.74, 6) is -0.169. The van der Waals surface area contributed by atoms with E-state index in [2.05, 4.69) is 10.6 Å². The summed E-state index contributed by atoms with van der Waals surface area (Å²) in [6.45, 7) is 2.37. The Morgan fingerprint density at radius 3 is 2.45 bits per heavy atom. The predicted octanol–water partition coefficient (Wildman–Crippen LogP) is 2.25. The highest BCUT2D eigenvalue weighted by Gasteiger charge is 2.30. The van der Waals surface area contributed by atoms with Crippen molar-refractivity contribution in [3.63, 3.8) is 0 Å². The molecule has 2 aromatic rings. The fraction of sp³-hybridized carbons (Fsp3) is 0.318. The highest BCUT2D eigenvalue weighted by molar-refractivity contribution is 5.97. The molecule has 2 aliphatic rings. The first kappa shape index (κ1) is 19.0. The van der Waals surface area contributed by atoms with Crippen LogP contribution in [0.5, 0.6) is 0 Å². The van der Waals surface area contributed by atoms with Gasteiger partial charge in [0, 0.05) is 49.0 Å². The summed E-state index contributed by atoms with van der Waals surface area (Å²) < 4.78 is 0. The van der Waals surface area contributed by atoms with Crippen molar-refractivity contribution in [3.8, 4) is 0 Å². The van der Waals surface area contributed by atoms with Crippen LogP contribution in [-0.2, 0) is 0 Å². The Morgan fingerprint density at radius 2 is 1.76 bits per heavy atom. The molecule has 0 saturated carbocycles. The van der Waals surface area contributed by atoms with Crippen LogP contribution in [0.2, 0.25) is 0 Å². The molecule has 29 heavy (non-hydrogen) atoms. The average Bonchev–Trinajstić information content (AvgIpc) is 3.41. The van der Waals surface area contributed by atoms with Gasteiger partial charge in [-0.25, -0.2) is 4.79 Å². The molecule has 0 spiro atoms. The number of nitrogens with zero attached hydrogens (tertiary/aromatic N) is 2. The van der Waals surface area contributed by atoms with E-state index in [1.165, 1.54) is 0 Å². The van der Waals surface area contributed by atoms with Crippen molar-refractivity contribution in [2.45, 2.75) is 18.9 Å². The molecule has 7 heteroatoms. The van der Waals surface area contributed by atoms with Gasteiger partial charge in [0.25, 0.3) is 11.8 Å². The van der Waals surface area contributed by atoms with Gasteiger partial charge in [0.15, 0.2) is 0 Å². The molecule has 150 valence electrons. The average molecular weight is 392 g/mol. The number of anilines is 1. The third-order valence-electron chi connectivity index (χ3n) is 5.45. The minimum Gasteiger partial charge on any atom is -0.350 e. The van der Waals surface area contributed by atoms with Crippen molar-refractivity contribution in [2.75, 3.05) is 31.1 Å². The summed E-state index contributed by atoms with van der Waals surface area (Å²) >= 11 is 0. The number of amides is 4. The Kier molecular flexibility index (Phi) is 5.46. The maximum Gasteiger partial charge on any atom is 0.321 e. The SMILES string of the molecule is O=C(NC[C@@H]1CCCN1C(=O)c1ccc(N2CCNC2=O)cc1)c1ccccc1. The second-order valence-electron chi connectivity index (χ2n) is 7.30. The van der Waals surface area contributed by atoms with E-state index in [9.17, 15) is 14.4 Å². The first-order valence-electron chi connectivity index (χ1n) is 9.93. The molecule has 2 N–H and O–H groups in total. The van der Waals surface area contributed by atoms with Gasteiger partial charge in [-0.05, 0) is 49.2 Å². The van der Waals surface area contributed by atoms with Crippen molar-refractivity contribution in [2.24, 2.45) is 0 Å². The molecule has 4 rings (SSSR count). The standard InChI is InChI=1S/C22H24N4O3/c27-20(16-5-2-1-3-6-16)24-15-19-7-4-13-25(19)21(28)17-8-10-18(11-9-17)26-14-12-23-22(26)29/h1-3,5-6,8-11,19H,4,7,12-15H2,(H,23,29)(H,24,27)/t19-/m0/s1. The Bertz CT molecular complexity index is 898. The molecule has 7 nitrogen and oxygen atoms in total. The van der Waals surface area contributed by atoms with Gasteiger partial charge in [-0.1, -0.05) is 18.2 Å². The van der Waals surface area contributed by atoms with Crippen LogP contribution < -0.4 is 15.5 Å². The topological polar surface area (TPSA) is 81.8 Å². The van der Waals surface area contributed by atoms with Crippen LogP contribution in [-0.4, -0.2) is 55.0 Å². The number of rotatable bonds is 5. The Hall–Kier alpha value is -3.35. The minimum atomic E-state index is -0.127. The zero-order chi connectivity index (χ0) is 20.2. The third kappa shape index (κ3) is 4.08. The lowest BCUT2D eigenvalue weighted by Gasteiger charge is -2.25. The van der Waals surface area contributed by atoms with Gasteiger partial charge in [-0.2, -0.15) is 0 Å². The molecule has 1 atom stereocenters. The molecule has 2 saturated heterocycles. The maximum absolute atomic E-state index is 13.0. The zero-order valence-electron chi connectivity index (χ0n) is 16.1. The van der Waals surface area contributed by atoms with Gasteiger partial charge in [-0.3, -0.25) is 14.5 Å². The van der Waals surface area contributed by atoms with Gasteiger partial charge >= 0.3 is 6.03 Å². The fourth-order valence-corrected chi connectivity index (χ4v) is 3.89. The van der Waals surface area contributed by atoms with E-state index in [1.807, 2.05) is 23.1 Å². The Balaban J connectivity index is 1.38. The van der Waals surface area contributed by atoms with Crippen molar-refractivity contribution in [1.29, 1.82) is 0 Å². The molecule has 2 aromatic carbocycles. The van der Waals surface area contributed by atoms with Crippen LogP contribution in [0, 0.1) is 0 Å². The molecule has 2 heterocycles. The molecule has 0 aromatic heterocycles. The Morgan fingerprint density at radius 1 is 1.00 bits per heavy atom.